The molecular weight excluding hydrogens is 246 g/mol. The summed E-state index contributed by atoms with van der Waals surface area (Å²) >= 11 is 1.35. The highest BCUT2D eigenvalue weighted by molar-refractivity contribution is 7.12. The fourth-order valence-electron chi connectivity index (χ4n) is 1.63. The summed E-state index contributed by atoms with van der Waals surface area (Å²) < 4.78 is 5.00. The topological polar surface area (TPSA) is 43.1 Å². The summed E-state index contributed by atoms with van der Waals surface area (Å²) in [5.74, 6) is -0.0460. The van der Waals surface area contributed by atoms with Crippen LogP contribution in [-0.4, -0.2) is 10.8 Å². The average Bonchev–Trinajstić information content (AvgIpc) is 3.09. The monoisotopic (exact) mass is 255 g/mol. The molecule has 3 nitrogen and oxygen atoms in total. The summed E-state index contributed by atoms with van der Waals surface area (Å²) in [7, 11) is 0. The van der Waals surface area contributed by atoms with Gasteiger partial charge in [0.25, 0.3) is 0 Å². The third-order valence-electron chi connectivity index (χ3n) is 2.55. The third kappa shape index (κ3) is 1.98. The van der Waals surface area contributed by atoms with Crippen molar-refractivity contribution >= 4 is 17.1 Å². The van der Waals surface area contributed by atoms with Gasteiger partial charge in [0, 0.05) is 16.5 Å². The SMILES string of the molecule is O=C(c1ccccc1)c1nc(-c2ccoc2)cs1. The van der Waals surface area contributed by atoms with Crippen LogP contribution in [0.1, 0.15) is 15.4 Å². The van der Waals surface area contributed by atoms with Gasteiger partial charge in [-0.3, -0.25) is 4.79 Å². The lowest BCUT2D eigenvalue weighted by atomic mass is 10.1. The maximum atomic E-state index is 12.2. The second-order valence-corrected chi connectivity index (χ2v) is 4.60. The van der Waals surface area contributed by atoms with Gasteiger partial charge in [-0.1, -0.05) is 30.3 Å². The minimum Gasteiger partial charge on any atom is -0.472 e. The van der Waals surface area contributed by atoms with E-state index in [9.17, 15) is 4.79 Å². The predicted molar refractivity (Wildman–Crippen MR) is 69.7 cm³/mol. The Morgan fingerprint density at radius 1 is 1.17 bits per heavy atom. The molecule has 0 bridgehead atoms. The summed E-state index contributed by atoms with van der Waals surface area (Å²) in [6.45, 7) is 0. The van der Waals surface area contributed by atoms with E-state index in [1.165, 1.54) is 11.3 Å². The molecule has 4 heteroatoms. The maximum Gasteiger partial charge on any atom is 0.221 e. The van der Waals surface area contributed by atoms with Gasteiger partial charge in [0.2, 0.25) is 5.78 Å². The van der Waals surface area contributed by atoms with Gasteiger partial charge in [-0.15, -0.1) is 11.3 Å². The molecule has 2 aromatic heterocycles. The molecule has 18 heavy (non-hydrogen) atoms. The fourth-order valence-corrected chi connectivity index (χ4v) is 2.42. The Labute approximate surface area is 108 Å². The van der Waals surface area contributed by atoms with Crippen LogP contribution in [0, 0.1) is 0 Å². The third-order valence-corrected chi connectivity index (χ3v) is 3.39. The Kier molecular flexibility index (Phi) is 2.78. The zero-order chi connectivity index (χ0) is 12.4. The molecule has 0 saturated carbocycles. The van der Waals surface area contributed by atoms with Crippen molar-refractivity contribution in [1.82, 2.24) is 4.98 Å². The van der Waals surface area contributed by atoms with E-state index in [0.29, 0.717) is 10.6 Å². The summed E-state index contributed by atoms with van der Waals surface area (Å²) in [4.78, 5) is 16.5. The molecule has 0 saturated heterocycles. The number of rotatable bonds is 3. The first-order valence-corrected chi connectivity index (χ1v) is 6.30. The van der Waals surface area contributed by atoms with Crippen LogP contribution in [0.15, 0.2) is 58.7 Å². The van der Waals surface area contributed by atoms with Crippen LogP contribution in [0.3, 0.4) is 0 Å². The number of furan rings is 1. The molecule has 3 aromatic rings. The maximum absolute atomic E-state index is 12.2. The molecule has 88 valence electrons. The van der Waals surface area contributed by atoms with Crippen LogP contribution < -0.4 is 0 Å². The van der Waals surface area contributed by atoms with Crippen molar-refractivity contribution in [3.63, 3.8) is 0 Å². The number of hydrogen-bond donors (Lipinski definition) is 0. The van der Waals surface area contributed by atoms with E-state index in [4.69, 9.17) is 4.42 Å². The van der Waals surface area contributed by atoms with Crippen LogP contribution in [0.4, 0.5) is 0 Å². The smallest absolute Gasteiger partial charge is 0.221 e. The number of ketones is 1. The molecule has 0 fully saturated rings. The van der Waals surface area contributed by atoms with Gasteiger partial charge in [-0.2, -0.15) is 0 Å². The highest BCUT2D eigenvalue weighted by atomic mass is 32.1. The summed E-state index contributed by atoms with van der Waals surface area (Å²) in [5.41, 5.74) is 2.32. The Balaban J connectivity index is 1.93. The van der Waals surface area contributed by atoms with E-state index in [2.05, 4.69) is 4.98 Å². The number of thiazole rings is 1. The van der Waals surface area contributed by atoms with Crippen molar-refractivity contribution in [3.05, 3.63) is 64.9 Å². The first kappa shape index (κ1) is 10.9. The van der Waals surface area contributed by atoms with Gasteiger partial charge < -0.3 is 4.42 Å². The van der Waals surface area contributed by atoms with Gasteiger partial charge >= 0.3 is 0 Å². The molecule has 0 radical (unpaired) electrons. The van der Waals surface area contributed by atoms with Crippen molar-refractivity contribution in [3.8, 4) is 11.3 Å². The first-order chi connectivity index (χ1) is 8.84. The highest BCUT2D eigenvalue weighted by Gasteiger charge is 2.14. The number of hydrogen-bond acceptors (Lipinski definition) is 4. The van der Waals surface area contributed by atoms with Crippen molar-refractivity contribution in [2.75, 3.05) is 0 Å². The van der Waals surface area contributed by atoms with Gasteiger partial charge in [-0.05, 0) is 6.07 Å². The highest BCUT2D eigenvalue weighted by Crippen LogP contribution is 2.23. The number of benzene rings is 1. The number of carbonyl (C=O) groups is 1. The molecule has 0 aliphatic carbocycles. The number of aromatic nitrogens is 1. The molecule has 0 atom stereocenters. The number of carbonyl (C=O) groups excluding carboxylic acids is 1. The van der Waals surface area contributed by atoms with Gasteiger partial charge in [0.05, 0.1) is 18.2 Å². The first-order valence-electron chi connectivity index (χ1n) is 5.42. The Morgan fingerprint density at radius 2 is 2.00 bits per heavy atom. The standard InChI is InChI=1S/C14H9NO2S/c16-13(10-4-2-1-3-5-10)14-15-12(9-18-14)11-6-7-17-8-11/h1-9H. The van der Waals surface area contributed by atoms with Crippen molar-refractivity contribution in [2.45, 2.75) is 0 Å². The molecule has 0 aliphatic heterocycles. The normalized spacial score (nSPS) is 10.4. The number of nitrogens with zero attached hydrogens (tertiary/aromatic N) is 1. The minimum atomic E-state index is -0.0460. The average molecular weight is 255 g/mol. The van der Waals surface area contributed by atoms with Crippen LogP contribution in [-0.2, 0) is 0 Å². The molecule has 0 N–H and O–H groups in total. The van der Waals surface area contributed by atoms with E-state index >= 15 is 0 Å². The lowest BCUT2D eigenvalue weighted by Crippen LogP contribution is -1.99. The second kappa shape index (κ2) is 4.58. The van der Waals surface area contributed by atoms with Crippen molar-refractivity contribution < 1.29 is 9.21 Å². The van der Waals surface area contributed by atoms with E-state index in [0.717, 1.165) is 11.3 Å². The molecule has 0 spiro atoms. The fraction of sp³-hybridized carbons (Fsp3) is 0. The van der Waals surface area contributed by atoms with Gasteiger partial charge in [0.15, 0.2) is 5.01 Å². The van der Waals surface area contributed by atoms with Gasteiger partial charge in [0.1, 0.15) is 0 Å². The van der Waals surface area contributed by atoms with Crippen LogP contribution in [0.25, 0.3) is 11.3 Å². The van der Waals surface area contributed by atoms with E-state index in [1.54, 1.807) is 24.7 Å². The van der Waals surface area contributed by atoms with E-state index in [-0.39, 0.29) is 5.78 Å². The second-order valence-electron chi connectivity index (χ2n) is 3.75. The van der Waals surface area contributed by atoms with Crippen LogP contribution in [0.5, 0.6) is 0 Å². The molecule has 0 unspecified atom stereocenters. The van der Waals surface area contributed by atoms with Crippen LogP contribution in [0.2, 0.25) is 0 Å². The predicted octanol–water partition coefficient (Wildman–Crippen LogP) is 3.63. The van der Waals surface area contributed by atoms with E-state index in [1.807, 2.05) is 29.6 Å². The lowest BCUT2D eigenvalue weighted by Gasteiger charge is -1.95. The quantitative estimate of drug-likeness (QED) is 0.671. The molecule has 2 heterocycles. The zero-order valence-electron chi connectivity index (χ0n) is 9.37. The summed E-state index contributed by atoms with van der Waals surface area (Å²) in [5, 5.41) is 2.36. The molecule has 1 aromatic carbocycles. The van der Waals surface area contributed by atoms with Crippen molar-refractivity contribution in [2.24, 2.45) is 0 Å². The lowest BCUT2D eigenvalue weighted by molar-refractivity contribution is 0.103. The molecular formula is C14H9NO2S. The Hall–Kier alpha value is -2.20. The summed E-state index contributed by atoms with van der Waals surface area (Å²) in [6, 6.07) is 11.0. The molecule has 3 rings (SSSR count). The molecule has 0 aliphatic rings. The summed E-state index contributed by atoms with van der Waals surface area (Å²) in [6.07, 6.45) is 3.21. The van der Waals surface area contributed by atoms with E-state index < -0.39 is 0 Å². The van der Waals surface area contributed by atoms with Crippen molar-refractivity contribution in [1.29, 1.82) is 0 Å². The van der Waals surface area contributed by atoms with Gasteiger partial charge in [-0.25, -0.2) is 4.98 Å². The minimum absolute atomic E-state index is 0.0460. The Bertz CT molecular complexity index is 656. The van der Waals surface area contributed by atoms with Crippen LogP contribution >= 0.6 is 11.3 Å². The Morgan fingerprint density at radius 3 is 2.72 bits per heavy atom. The zero-order valence-corrected chi connectivity index (χ0v) is 10.2. The molecule has 0 amide bonds. The largest absolute Gasteiger partial charge is 0.472 e.